The van der Waals surface area contributed by atoms with Crippen LogP contribution in [0.1, 0.15) is 13.8 Å². The third-order valence-electron chi connectivity index (χ3n) is 2.89. The van der Waals surface area contributed by atoms with Crippen LogP contribution in [-0.2, 0) is 14.3 Å². The first-order valence-corrected chi connectivity index (χ1v) is 5.93. The zero-order chi connectivity index (χ0) is 12.8. The monoisotopic (exact) mass is 243 g/mol. The Kier molecular flexibility index (Phi) is 5.37. The number of rotatable bonds is 5. The molecule has 1 rings (SSSR count). The highest BCUT2D eigenvalue weighted by Crippen LogP contribution is 2.13. The van der Waals surface area contributed by atoms with Crippen molar-refractivity contribution >= 4 is 11.8 Å². The van der Waals surface area contributed by atoms with E-state index in [1.807, 2.05) is 6.92 Å². The van der Waals surface area contributed by atoms with E-state index in [2.05, 4.69) is 16.0 Å². The molecule has 1 fully saturated rings. The van der Waals surface area contributed by atoms with Crippen molar-refractivity contribution in [3.63, 3.8) is 0 Å². The lowest BCUT2D eigenvalue weighted by atomic mass is 10.0. The molecule has 1 aliphatic rings. The van der Waals surface area contributed by atoms with Crippen LogP contribution in [0.5, 0.6) is 0 Å². The number of ether oxygens (including phenoxy) is 1. The van der Waals surface area contributed by atoms with Gasteiger partial charge in [0, 0.05) is 12.6 Å². The molecule has 3 unspecified atom stereocenters. The molecule has 17 heavy (non-hydrogen) atoms. The van der Waals surface area contributed by atoms with Crippen molar-refractivity contribution in [3.05, 3.63) is 0 Å². The summed E-state index contributed by atoms with van der Waals surface area (Å²) in [7, 11) is 1.80. The second kappa shape index (κ2) is 6.56. The fraction of sp³-hybridized carbons (Fsp3) is 0.818. The molecule has 6 nitrogen and oxygen atoms in total. The van der Waals surface area contributed by atoms with Crippen LogP contribution in [0.15, 0.2) is 0 Å². The highest BCUT2D eigenvalue weighted by molar-refractivity contribution is 5.88. The van der Waals surface area contributed by atoms with Crippen LogP contribution >= 0.6 is 0 Å². The van der Waals surface area contributed by atoms with Crippen molar-refractivity contribution in [1.82, 2.24) is 16.0 Å². The molecule has 0 aromatic carbocycles. The van der Waals surface area contributed by atoms with Crippen LogP contribution in [-0.4, -0.2) is 50.7 Å². The van der Waals surface area contributed by atoms with Crippen molar-refractivity contribution in [1.29, 1.82) is 0 Å². The van der Waals surface area contributed by atoms with Gasteiger partial charge in [0.2, 0.25) is 11.8 Å². The van der Waals surface area contributed by atoms with Crippen LogP contribution < -0.4 is 16.0 Å². The molecule has 1 saturated heterocycles. The van der Waals surface area contributed by atoms with Crippen LogP contribution in [0.3, 0.4) is 0 Å². The van der Waals surface area contributed by atoms with Gasteiger partial charge in [0.05, 0.1) is 19.1 Å². The number of carbonyl (C=O) groups excluding carboxylic acids is 2. The van der Waals surface area contributed by atoms with Crippen LogP contribution in [0.25, 0.3) is 0 Å². The van der Waals surface area contributed by atoms with Gasteiger partial charge in [0.1, 0.15) is 6.04 Å². The molecule has 0 aromatic rings. The SMILES string of the molecule is CCNC(=O)C(C)NC(=O)C1COCC1NC. The highest BCUT2D eigenvalue weighted by Gasteiger charge is 2.34. The van der Waals surface area contributed by atoms with E-state index >= 15 is 0 Å². The summed E-state index contributed by atoms with van der Waals surface area (Å²) in [6.45, 7) is 5.01. The minimum atomic E-state index is -0.513. The molecule has 0 bridgehead atoms. The molecule has 0 aliphatic carbocycles. The van der Waals surface area contributed by atoms with Crippen molar-refractivity contribution in [2.45, 2.75) is 25.9 Å². The average molecular weight is 243 g/mol. The molecule has 0 radical (unpaired) electrons. The highest BCUT2D eigenvalue weighted by atomic mass is 16.5. The Morgan fingerprint density at radius 2 is 2.12 bits per heavy atom. The first-order chi connectivity index (χ1) is 8.10. The van der Waals surface area contributed by atoms with Gasteiger partial charge in [-0.15, -0.1) is 0 Å². The number of amides is 2. The van der Waals surface area contributed by atoms with Crippen molar-refractivity contribution in [2.24, 2.45) is 5.92 Å². The number of carbonyl (C=O) groups is 2. The van der Waals surface area contributed by atoms with Crippen molar-refractivity contribution in [2.75, 3.05) is 26.8 Å². The standard InChI is InChI=1S/C11H21N3O3/c1-4-13-10(15)7(2)14-11(16)8-5-17-6-9(8)12-3/h7-9,12H,4-6H2,1-3H3,(H,13,15)(H,14,16). The minimum absolute atomic E-state index is 0.0245. The molecule has 3 atom stereocenters. The van der Waals surface area contributed by atoms with E-state index in [4.69, 9.17) is 4.74 Å². The zero-order valence-electron chi connectivity index (χ0n) is 10.6. The summed E-state index contributed by atoms with van der Waals surface area (Å²) < 4.78 is 5.25. The summed E-state index contributed by atoms with van der Waals surface area (Å²) in [6, 6.07) is -0.489. The Labute approximate surface area is 101 Å². The first kappa shape index (κ1) is 13.9. The summed E-state index contributed by atoms with van der Waals surface area (Å²) in [6.07, 6.45) is 0. The molecule has 98 valence electrons. The lowest BCUT2D eigenvalue weighted by Crippen LogP contribution is -2.50. The molecule has 6 heteroatoms. The van der Waals surface area contributed by atoms with Crippen LogP contribution in [0.2, 0.25) is 0 Å². The molecule has 0 aromatic heterocycles. The van der Waals surface area contributed by atoms with Gasteiger partial charge in [-0.1, -0.05) is 0 Å². The zero-order valence-corrected chi connectivity index (χ0v) is 10.6. The molecule has 0 saturated carbocycles. The van der Waals surface area contributed by atoms with Gasteiger partial charge in [-0.05, 0) is 20.9 Å². The summed E-state index contributed by atoms with van der Waals surface area (Å²) in [5, 5.41) is 8.40. The Morgan fingerprint density at radius 3 is 2.71 bits per heavy atom. The topological polar surface area (TPSA) is 79.5 Å². The summed E-state index contributed by atoms with van der Waals surface area (Å²) in [5.41, 5.74) is 0. The smallest absolute Gasteiger partial charge is 0.242 e. The number of hydrogen-bond donors (Lipinski definition) is 3. The fourth-order valence-corrected chi connectivity index (χ4v) is 1.81. The number of likely N-dealkylation sites (N-methyl/N-ethyl adjacent to an activating group) is 2. The van der Waals surface area contributed by atoms with Gasteiger partial charge in [-0.25, -0.2) is 0 Å². The van der Waals surface area contributed by atoms with Gasteiger partial charge in [0.25, 0.3) is 0 Å². The summed E-state index contributed by atoms with van der Waals surface area (Å²) in [4.78, 5) is 23.4. The van der Waals surface area contributed by atoms with E-state index in [-0.39, 0.29) is 23.8 Å². The summed E-state index contributed by atoms with van der Waals surface area (Å²) >= 11 is 0. The Hall–Kier alpha value is -1.14. The van der Waals surface area contributed by atoms with E-state index < -0.39 is 6.04 Å². The number of hydrogen-bond acceptors (Lipinski definition) is 4. The maximum absolute atomic E-state index is 11.9. The largest absolute Gasteiger partial charge is 0.379 e. The van der Waals surface area contributed by atoms with E-state index in [1.165, 1.54) is 0 Å². The van der Waals surface area contributed by atoms with Gasteiger partial charge < -0.3 is 20.7 Å². The predicted octanol–water partition coefficient (Wildman–Crippen LogP) is -1.14. The summed E-state index contributed by atoms with van der Waals surface area (Å²) in [5.74, 6) is -0.529. The van der Waals surface area contributed by atoms with E-state index in [0.29, 0.717) is 19.8 Å². The molecule has 1 heterocycles. The quantitative estimate of drug-likeness (QED) is 0.570. The lowest BCUT2D eigenvalue weighted by Gasteiger charge is -2.19. The maximum atomic E-state index is 11.9. The van der Waals surface area contributed by atoms with E-state index in [9.17, 15) is 9.59 Å². The minimum Gasteiger partial charge on any atom is -0.379 e. The van der Waals surface area contributed by atoms with Gasteiger partial charge in [0.15, 0.2) is 0 Å². The Balaban J connectivity index is 2.45. The van der Waals surface area contributed by atoms with E-state index in [0.717, 1.165) is 0 Å². The van der Waals surface area contributed by atoms with Crippen LogP contribution in [0, 0.1) is 5.92 Å². The Bertz CT molecular complexity index is 283. The van der Waals surface area contributed by atoms with E-state index in [1.54, 1.807) is 14.0 Å². The number of nitrogens with one attached hydrogen (secondary N) is 3. The first-order valence-electron chi connectivity index (χ1n) is 5.93. The van der Waals surface area contributed by atoms with Crippen molar-refractivity contribution in [3.8, 4) is 0 Å². The second-order valence-corrected chi connectivity index (χ2v) is 4.16. The third kappa shape index (κ3) is 3.67. The lowest BCUT2D eigenvalue weighted by molar-refractivity contribution is -0.131. The fourth-order valence-electron chi connectivity index (χ4n) is 1.81. The normalized spacial score (nSPS) is 25.4. The van der Waals surface area contributed by atoms with Crippen LogP contribution in [0.4, 0.5) is 0 Å². The van der Waals surface area contributed by atoms with Gasteiger partial charge in [-0.3, -0.25) is 9.59 Å². The molecular weight excluding hydrogens is 222 g/mol. The molecule has 2 amide bonds. The molecular formula is C11H21N3O3. The molecule has 1 aliphatic heterocycles. The molecule has 0 spiro atoms. The Morgan fingerprint density at radius 1 is 1.41 bits per heavy atom. The predicted molar refractivity (Wildman–Crippen MR) is 63.4 cm³/mol. The third-order valence-corrected chi connectivity index (χ3v) is 2.89. The second-order valence-electron chi connectivity index (χ2n) is 4.16. The molecule has 3 N–H and O–H groups in total. The average Bonchev–Trinajstić information content (AvgIpc) is 2.77. The maximum Gasteiger partial charge on any atom is 0.242 e. The van der Waals surface area contributed by atoms with Gasteiger partial charge in [-0.2, -0.15) is 0 Å². The van der Waals surface area contributed by atoms with Gasteiger partial charge >= 0.3 is 0 Å². The van der Waals surface area contributed by atoms with Crippen molar-refractivity contribution < 1.29 is 14.3 Å².